The highest BCUT2D eigenvalue weighted by atomic mass is 32.2. The van der Waals surface area contributed by atoms with Crippen LogP contribution in [0.2, 0.25) is 0 Å². The van der Waals surface area contributed by atoms with Crippen LogP contribution in [-0.4, -0.2) is 38.7 Å². The van der Waals surface area contributed by atoms with Gasteiger partial charge in [-0.15, -0.1) is 5.10 Å². The van der Waals surface area contributed by atoms with Crippen molar-refractivity contribution in [2.24, 2.45) is 0 Å². The third-order valence-electron chi connectivity index (χ3n) is 4.13. The molecule has 0 radical (unpaired) electrons. The Hall–Kier alpha value is -2.02. The number of rotatable bonds is 6. The zero-order valence-corrected chi connectivity index (χ0v) is 14.6. The first-order valence-electron chi connectivity index (χ1n) is 8.35. The number of nitrogens with one attached hydrogen (secondary N) is 1. The molecule has 2 aromatic rings. The average Bonchev–Trinajstić information content (AvgIpc) is 3.25. The van der Waals surface area contributed by atoms with Crippen molar-refractivity contribution in [3.63, 3.8) is 0 Å². The number of H-pyrrole nitrogens is 1. The minimum atomic E-state index is -0.161. The van der Waals surface area contributed by atoms with Gasteiger partial charge in [-0.05, 0) is 37.0 Å². The molecule has 1 aromatic carbocycles. The Balaban J connectivity index is 1.62. The SMILES string of the molecule is CCCn1c(SCc2ccc(C(=O)N3CCCC3)cc2)n[nH]c1=O. The molecule has 1 saturated heterocycles. The second-order valence-corrected chi connectivity index (χ2v) is 6.89. The van der Waals surface area contributed by atoms with Gasteiger partial charge in [0.1, 0.15) is 0 Å². The highest BCUT2D eigenvalue weighted by Gasteiger charge is 2.19. The summed E-state index contributed by atoms with van der Waals surface area (Å²) in [5, 5.41) is 7.28. The second kappa shape index (κ2) is 7.70. The van der Waals surface area contributed by atoms with Gasteiger partial charge in [0.25, 0.3) is 5.91 Å². The van der Waals surface area contributed by atoms with E-state index in [1.807, 2.05) is 36.1 Å². The third-order valence-corrected chi connectivity index (χ3v) is 5.18. The quantitative estimate of drug-likeness (QED) is 0.816. The van der Waals surface area contributed by atoms with Crippen LogP contribution in [0.1, 0.15) is 42.1 Å². The largest absolute Gasteiger partial charge is 0.343 e. The van der Waals surface area contributed by atoms with Crippen molar-refractivity contribution < 1.29 is 4.79 Å². The molecule has 1 fully saturated rings. The summed E-state index contributed by atoms with van der Waals surface area (Å²) < 4.78 is 1.66. The first-order chi connectivity index (χ1) is 11.7. The monoisotopic (exact) mass is 346 g/mol. The Morgan fingerprint density at radius 2 is 1.96 bits per heavy atom. The van der Waals surface area contributed by atoms with Crippen LogP contribution in [0.15, 0.2) is 34.2 Å². The number of nitrogens with zero attached hydrogens (tertiary/aromatic N) is 3. The van der Waals surface area contributed by atoms with E-state index < -0.39 is 0 Å². The van der Waals surface area contributed by atoms with Crippen LogP contribution in [-0.2, 0) is 12.3 Å². The standard InChI is InChI=1S/C17H22N4O2S/c1-2-9-21-16(23)18-19-17(21)24-12-13-5-7-14(8-6-13)15(22)20-10-3-4-11-20/h5-8H,2-4,9-12H2,1H3,(H,18,23). The van der Waals surface area contributed by atoms with E-state index in [1.165, 1.54) is 11.8 Å². The molecule has 1 aliphatic heterocycles. The van der Waals surface area contributed by atoms with Crippen molar-refractivity contribution in [3.8, 4) is 0 Å². The van der Waals surface area contributed by atoms with Gasteiger partial charge in [-0.3, -0.25) is 9.36 Å². The number of hydrogen-bond acceptors (Lipinski definition) is 4. The minimum absolute atomic E-state index is 0.121. The molecule has 128 valence electrons. The number of amides is 1. The number of likely N-dealkylation sites (tertiary alicyclic amines) is 1. The van der Waals surface area contributed by atoms with Gasteiger partial charge in [-0.1, -0.05) is 30.8 Å². The van der Waals surface area contributed by atoms with Crippen LogP contribution in [0.4, 0.5) is 0 Å². The number of thioether (sulfide) groups is 1. The topological polar surface area (TPSA) is 71.0 Å². The van der Waals surface area contributed by atoms with E-state index in [1.54, 1.807) is 4.57 Å². The summed E-state index contributed by atoms with van der Waals surface area (Å²) in [5.41, 5.74) is 1.69. The molecule has 1 aliphatic rings. The first-order valence-corrected chi connectivity index (χ1v) is 9.34. The van der Waals surface area contributed by atoms with Crippen LogP contribution in [0.5, 0.6) is 0 Å². The molecule has 0 atom stereocenters. The van der Waals surface area contributed by atoms with E-state index in [4.69, 9.17) is 0 Å². The normalized spacial score (nSPS) is 14.3. The van der Waals surface area contributed by atoms with E-state index in [2.05, 4.69) is 10.2 Å². The van der Waals surface area contributed by atoms with Crippen LogP contribution in [0.25, 0.3) is 0 Å². The zero-order chi connectivity index (χ0) is 16.9. The number of carbonyl (C=O) groups excluding carboxylic acids is 1. The molecule has 1 aromatic heterocycles. The van der Waals surface area contributed by atoms with Gasteiger partial charge in [0.05, 0.1) is 0 Å². The predicted molar refractivity (Wildman–Crippen MR) is 94.3 cm³/mol. The summed E-state index contributed by atoms with van der Waals surface area (Å²) in [4.78, 5) is 25.9. The lowest BCUT2D eigenvalue weighted by atomic mass is 10.1. The maximum atomic E-state index is 12.3. The summed E-state index contributed by atoms with van der Waals surface area (Å²) >= 11 is 1.53. The molecule has 0 bridgehead atoms. The minimum Gasteiger partial charge on any atom is -0.339 e. The van der Waals surface area contributed by atoms with E-state index in [9.17, 15) is 9.59 Å². The smallest absolute Gasteiger partial charge is 0.339 e. The predicted octanol–water partition coefficient (Wildman–Crippen LogP) is 2.51. The van der Waals surface area contributed by atoms with Gasteiger partial charge in [-0.2, -0.15) is 0 Å². The Labute approximate surface area is 145 Å². The highest BCUT2D eigenvalue weighted by Crippen LogP contribution is 2.21. The fraction of sp³-hybridized carbons (Fsp3) is 0.471. The average molecular weight is 346 g/mol. The molecule has 1 N–H and O–H groups in total. The molecule has 3 rings (SSSR count). The van der Waals surface area contributed by atoms with Gasteiger partial charge in [0, 0.05) is 31.0 Å². The van der Waals surface area contributed by atoms with Crippen LogP contribution < -0.4 is 5.69 Å². The van der Waals surface area contributed by atoms with Gasteiger partial charge in [-0.25, -0.2) is 9.89 Å². The lowest BCUT2D eigenvalue weighted by molar-refractivity contribution is 0.0793. The molecule has 0 unspecified atom stereocenters. The van der Waals surface area contributed by atoms with Crippen molar-refractivity contribution in [1.29, 1.82) is 0 Å². The molecule has 6 nitrogen and oxygen atoms in total. The Morgan fingerprint density at radius 3 is 2.62 bits per heavy atom. The zero-order valence-electron chi connectivity index (χ0n) is 13.8. The second-order valence-electron chi connectivity index (χ2n) is 5.95. The molecule has 0 saturated carbocycles. The van der Waals surface area contributed by atoms with Gasteiger partial charge in [0.15, 0.2) is 5.16 Å². The first kappa shape index (κ1) is 16.8. The molecule has 0 aliphatic carbocycles. The summed E-state index contributed by atoms with van der Waals surface area (Å²) in [7, 11) is 0. The molecule has 2 heterocycles. The highest BCUT2D eigenvalue weighted by molar-refractivity contribution is 7.98. The Kier molecular flexibility index (Phi) is 5.40. The summed E-state index contributed by atoms with van der Waals surface area (Å²) in [6.07, 6.45) is 3.09. The van der Waals surface area contributed by atoms with E-state index in [0.717, 1.165) is 43.5 Å². The Bertz CT molecular complexity index is 745. The molecule has 24 heavy (non-hydrogen) atoms. The Morgan fingerprint density at radius 1 is 1.25 bits per heavy atom. The fourth-order valence-corrected chi connectivity index (χ4v) is 3.76. The number of aromatic nitrogens is 3. The van der Waals surface area contributed by atoms with E-state index in [-0.39, 0.29) is 11.6 Å². The molecule has 7 heteroatoms. The lowest BCUT2D eigenvalue weighted by Crippen LogP contribution is -2.27. The van der Waals surface area contributed by atoms with Crippen molar-refractivity contribution in [2.45, 2.75) is 43.6 Å². The van der Waals surface area contributed by atoms with E-state index in [0.29, 0.717) is 17.5 Å². The molecule has 0 spiro atoms. The third kappa shape index (κ3) is 3.72. The molecular formula is C17H22N4O2S. The molecular weight excluding hydrogens is 324 g/mol. The van der Waals surface area contributed by atoms with Crippen LogP contribution >= 0.6 is 11.8 Å². The maximum Gasteiger partial charge on any atom is 0.343 e. The van der Waals surface area contributed by atoms with Crippen molar-refractivity contribution in [3.05, 3.63) is 45.9 Å². The van der Waals surface area contributed by atoms with Crippen molar-refractivity contribution >= 4 is 17.7 Å². The van der Waals surface area contributed by atoms with E-state index >= 15 is 0 Å². The van der Waals surface area contributed by atoms with Crippen molar-refractivity contribution in [1.82, 2.24) is 19.7 Å². The van der Waals surface area contributed by atoms with Gasteiger partial charge in [0.2, 0.25) is 0 Å². The number of hydrogen-bond donors (Lipinski definition) is 1. The van der Waals surface area contributed by atoms with Crippen LogP contribution in [0.3, 0.4) is 0 Å². The molecule has 1 amide bonds. The van der Waals surface area contributed by atoms with Gasteiger partial charge >= 0.3 is 5.69 Å². The summed E-state index contributed by atoms with van der Waals surface area (Å²) in [5.74, 6) is 0.836. The number of aromatic amines is 1. The fourth-order valence-electron chi connectivity index (χ4n) is 2.83. The van der Waals surface area contributed by atoms with Gasteiger partial charge < -0.3 is 4.90 Å². The number of carbonyl (C=O) groups is 1. The number of benzene rings is 1. The van der Waals surface area contributed by atoms with Crippen LogP contribution in [0, 0.1) is 0 Å². The lowest BCUT2D eigenvalue weighted by Gasteiger charge is -2.15. The maximum absolute atomic E-state index is 12.3. The van der Waals surface area contributed by atoms with Crippen molar-refractivity contribution in [2.75, 3.05) is 13.1 Å². The summed E-state index contributed by atoms with van der Waals surface area (Å²) in [6.45, 7) is 4.43. The summed E-state index contributed by atoms with van der Waals surface area (Å²) in [6, 6.07) is 7.73.